The van der Waals surface area contributed by atoms with E-state index >= 15 is 0 Å². The minimum atomic E-state index is -0.309. The van der Waals surface area contributed by atoms with Gasteiger partial charge in [-0.3, -0.25) is 4.79 Å². The number of hydrogen-bond donors (Lipinski definition) is 1. The third-order valence-electron chi connectivity index (χ3n) is 7.58. The number of rotatable bonds is 4. The van der Waals surface area contributed by atoms with Crippen LogP contribution in [0.5, 0.6) is 0 Å². The zero-order valence-corrected chi connectivity index (χ0v) is 17.2. The molecule has 2 aromatic rings. The molecule has 2 aromatic heterocycles. The van der Waals surface area contributed by atoms with E-state index < -0.39 is 0 Å². The quantitative estimate of drug-likeness (QED) is 0.883. The summed E-state index contributed by atoms with van der Waals surface area (Å²) in [6.45, 7) is 9.21. The fourth-order valence-corrected chi connectivity index (χ4v) is 6.21. The van der Waals surface area contributed by atoms with Crippen LogP contribution in [0.15, 0.2) is 6.20 Å². The van der Waals surface area contributed by atoms with Crippen molar-refractivity contribution in [2.45, 2.75) is 71.6 Å². The number of pyridine rings is 1. The van der Waals surface area contributed by atoms with E-state index in [2.05, 4.69) is 25.9 Å². The Balaban J connectivity index is 1.36. The van der Waals surface area contributed by atoms with Crippen LogP contribution < -0.4 is 0 Å². The van der Waals surface area contributed by atoms with Crippen molar-refractivity contribution in [2.75, 3.05) is 6.54 Å². The number of carbonyl (C=O) groups excluding carboxylic acids is 1. The Kier molecular flexibility index (Phi) is 4.06. The molecule has 0 radical (unpaired) electrons. The van der Waals surface area contributed by atoms with Gasteiger partial charge >= 0.3 is 0 Å². The molecule has 1 amide bonds. The highest BCUT2D eigenvalue weighted by Crippen LogP contribution is 2.55. The fourth-order valence-electron chi connectivity index (χ4n) is 6.21. The van der Waals surface area contributed by atoms with Crippen LogP contribution in [0.2, 0.25) is 0 Å². The number of carbonyl (C=O) groups is 1. The summed E-state index contributed by atoms with van der Waals surface area (Å²) in [5, 5.41) is 16.1. The molecule has 3 heterocycles. The number of nitrogens with zero attached hydrogens (tertiary/aromatic N) is 4. The second-order valence-corrected chi connectivity index (χ2v) is 9.40. The van der Waals surface area contributed by atoms with Crippen LogP contribution in [0, 0.1) is 31.6 Å². The highest BCUT2D eigenvalue weighted by molar-refractivity contribution is 5.81. The third kappa shape index (κ3) is 2.46. The Labute approximate surface area is 165 Å². The molecule has 0 spiro atoms. The minimum Gasteiger partial charge on any atom is -0.391 e. The Morgan fingerprint density at radius 3 is 2.79 bits per heavy atom. The number of fused-ring (bicyclic) bond motifs is 2. The van der Waals surface area contributed by atoms with Gasteiger partial charge in [-0.05, 0) is 75.8 Å². The van der Waals surface area contributed by atoms with Crippen LogP contribution in [0.25, 0.3) is 11.0 Å². The molecule has 5 atom stereocenters. The van der Waals surface area contributed by atoms with Crippen LogP contribution in [0.3, 0.4) is 0 Å². The summed E-state index contributed by atoms with van der Waals surface area (Å²) >= 11 is 0. The van der Waals surface area contributed by atoms with Crippen molar-refractivity contribution in [2.24, 2.45) is 17.8 Å². The van der Waals surface area contributed by atoms with Gasteiger partial charge in [0.15, 0.2) is 5.65 Å². The molecule has 28 heavy (non-hydrogen) atoms. The van der Waals surface area contributed by atoms with Gasteiger partial charge in [0.05, 0.1) is 18.3 Å². The van der Waals surface area contributed by atoms with Crippen LogP contribution in [0.1, 0.15) is 56.0 Å². The smallest absolute Gasteiger partial charge is 0.223 e. The monoisotopic (exact) mass is 382 g/mol. The minimum absolute atomic E-state index is 0.0725. The van der Waals surface area contributed by atoms with E-state index in [1.807, 2.05) is 22.7 Å². The maximum atomic E-state index is 13.0. The first-order valence-corrected chi connectivity index (χ1v) is 10.7. The number of aryl methyl sites for hydroxylation is 2. The second-order valence-electron chi connectivity index (χ2n) is 9.40. The van der Waals surface area contributed by atoms with E-state index in [4.69, 9.17) is 4.98 Å². The molecule has 2 bridgehead atoms. The summed E-state index contributed by atoms with van der Waals surface area (Å²) in [7, 11) is 0. The summed E-state index contributed by atoms with van der Waals surface area (Å²) in [6.07, 6.45) is 4.99. The fraction of sp³-hybridized carbons (Fsp3) is 0.682. The molecular formula is C22H30N4O2. The Morgan fingerprint density at radius 1 is 1.29 bits per heavy atom. The summed E-state index contributed by atoms with van der Waals surface area (Å²) < 4.78 is 1.96. The van der Waals surface area contributed by atoms with Crippen molar-refractivity contribution < 1.29 is 9.90 Å². The summed E-state index contributed by atoms with van der Waals surface area (Å²) in [5.74, 6) is 1.76. The van der Waals surface area contributed by atoms with Gasteiger partial charge in [0, 0.05) is 30.1 Å². The van der Waals surface area contributed by atoms with Crippen molar-refractivity contribution in [1.29, 1.82) is 0 Å². The standard InChI is InChI=1S/C22H30N4O2/c1-11(2)26-22-18(9-23-26)12(3)16(13(4)24-22)5-6-19(27)25-10-15-7-14-8-17(15)20(25)21(14)28/h9,11,14-15,17,20-21,28H,5-8,10H2,1-4H3/t14-,15-,17+,20-,21+/m0/s1. The third-order valence-corrected chi connectivity index (χ3v) is 7.58. The zero-order valence-electron chi connectivity index (χ0n) is 17.2. The van der Waals surface area contributed by atoms with Crippen LogP contribution in [-0.4, -0.2) is 49.4 Å². The molecule has 2 saturated carbocycles. The van der Waals surface area contributed by atoms with E-state index in [0.717, 1.165) is 41.7 Å². The van der Waals surface area contributed by atoms with Gasteiger partial charge in [0.1, 0.15) is 0 Å². The lowest BCUT2D eigenvalue weighted by molar-refractivity contribution is -0.134. The van der Waals surface area contributed by atoms with E-state index in [-0.39, 0.29) is 24.1 Å². The van der Waals surface area contributed by atoms with Crippen molar-refractivity contribution in [3.63, 3.8) is 0 Å². The first kappa shape index (κ1) is 18.1. The molecule has 2 aliphatic carbocycles. The van der Waals surface area contributed by atoms with Gasteiger partial charge in [-0.25, -0.2) is 9.67 Å². The molecule has 6 nitrogen and oxygen atoms in total. The van der Waals surface area contributed by atoms with E-state index in [1.165, 1.54) is 5.56 Å². The zero-order chi connectivity index (χ0) is 19.7. The Morgan fingerprint density at radius 2 is 2.07 bits per heavy atom. The van der Waals surface area contributed by atoms with Crippen molar-refractivity contribution in [3.05, 3.63) is 23.0 Å². The molecule has 0 unspecified atom stereocenters. The molecule has 1 N–H and O–H groups in total. The molecule has 5 rings (SSSR count). The van der Waals surface area contributed by atoms with Crippen LogP contribution >= 0.6 is 0 Å². The lowest BCUT2D eigenvalue weighted by Crippen LogP contribution is -2.43. The van der Waals surface area contributed by atoms with Gasteiger partial charge in [-0.15, -0.1) is 0 Å². The number of aromatic nitrogens is 3. The van der Waals surface area contributed by atoms with Crippen molar-refractivity contribution in [1.82, 2.24) is 19.7 Å². The SMILES string of the molecule is Cc1nc2c(cnn2C(C)C)c(C)c1CCC(=O)N1C[C@@H]2C[C@H]3C[C@H]2[C@H]1[C@@H]3O. The number of aliphatic hydroxyl groups excluding tert-OH is 1. The highest BCUT2D eigenvalue weighted by Gasteiger charge is 2.59. The molecule has 1 aliphatic heterocycles. The van der Waals surface area contributed by atoms with Crippen molar-refractivity contribution >= 4 is 16.9 Å². The lowest BCUT2D eigenvalue weighted by atomic mass is 9.88. The molecule has 3 fully saturated rings. The van der Waals surface area contributed by atoms with E-state index in [9.17, 15) is 9.90 Å². The Bertz CT molecular complexity index is 948. The molecule has 6 heteroatoms. The number of amides is 1. The molecule has 0 aromatic carbocycles. The maximum Gasteiger partial charge on any atom is 0.223 e. The first-order valence-electron chi connectivity index (χ1n) is 10.7. The lowest BCUT2D eigenvalue weighted by Gasteiger charge is -2.29. The van der Waals surface area contributed by atoms with Gasteiger partial charge in [-0.2, -0.15) is 5.10 Å². The van der Waals surface area contributed by atoms with Gasteiger partial charge in [0.2, 0.25) is 5.91 Å². The predicted octanol–water partition coefficient (Wildman–Crippen LogP) is 2.79. The van der Waals surface area contributed by atoms with Gasteiger partial charge in [-0.1, -0.05) is 0 Å². The summed E-state index contributed by atoms with van der Waals surface area (Å²) in [5.41, 5.74) is 4.26. The van der Waals surface area contributed by atoms with E-state index in [0.29, 0.717) is 30.6 Å². The first-order chi connectivity index (χ1) is 13.4. The summed E-state index contributed by atoms with van der Waals surface area (Å²) in [6, 6.07) is 0.340. The normalized spacial score (nSPS) is 30.9. The molecule has 1 saturated heterocycles. The van der Waals surface area contributed by atoms with E-state index in [1.54, 1.807) is 0 Å². The number of aliphatic hydroxyl groups is 1. The summed E-state index contributed by atoms with van der Waals surface area (Å²) in [4.78, 5) is 19.8. The van der Waals surface area contributed by atoms with Crippen LogP contribution in [-0.2, 0) is 11.2 Å². The van der Waals surface area contributed by atoms with Crippen LogP contribution in [0.4, 0.5) is 0 Å². The predicted molar refractivity (Wildman–Crippen MR) is 107 cm³/mol. The largest absolute Gasteiger partial charge is 0.391 e. The number of hydrogen-bond acceptors (Lipinski definition) is 4. The average molecular weight is 383 g/mol. The van der Waals surface area contributed by atoms with Crippen molar-refractivity contribution in [3.8, 4) is 0 Å². The van der Waals surface area contributed by atoms with Gasteiger partial charge in [0.25, 0.3) is 0 Å². The highest BCUT2D eigenvalue weighted by atomic mass is 16.3. The topological polar surface area (TPSA) is 71.2 Å². The Hall–Kier alpha value is -1.95. The number of likely N-dealkylation sites (tertiary alicyclic amines) is 1. The molecule has 150 valence electrons. The second kappa shape index (κ2) is 6.28. The molecule has 3 aliphatic rings. The van der Waals surface area contributed by atoms with Gasteiger partial charge < -0.3 is 10.0 Å². The molecular weight excluding hydrogens is 352 g/mol. The maximum absolute atomic E-state index is 13.0. The average Bonchev–Trinajstić information content (AvgIpc) is 3.35.